The van der Waals surface area contributed by atoms with Gasteiger partial charge in [0.1, 0.15) is 5.60 Å². The summed E-state index contributed by atoms with van der Waals surface area (Å²) < 4.78 is 0.896. The summed E-state index contributed by atoms with van der Waals surface area (Å²) in [5, 5.41) is 10.7. The lowest BCUT2D eigenvalue weighted by Gasteiger charge is -2.28. The van der Waals surface area contributed by atoms with Gasteiger partial charge in [0.25, 0.3) is 11.8 Å². The molecule has 0 saturated heterocycles. The van der Waals surface area contributed by atoms with Crippen molar-refractivity contribution in [2.75, 3.05) is 6.54 Å². The van der Waals surface area contributed by atoms with Gasteiger partial charge in [0.15, 0.2) is 0 Å². The number of amides is 2. The molecule has 1 unspecified atom stereocenters. The maximum absolute atomic E-state index is 12.4. The Hall–Kier alpha value is -1.98. The van der Waals surface area contributed by atoms with Crippen molar-refractivity contribution in [3.05, 3.63) is 69.7 Å². The van der Waals surface area contributed by atoms with Crippen molar-refractivity contribution < 1.29 is 14.7 Å². The molecule has 2 amide bonds. The summed E-state index contributed by atoms with van der Waals surface area (Å²) in [4.78, 5) is 25.8. The highest BCUT2D eigenvalue weighted by atomic mass is 79.9. The van der Waals surface area contributed by atoms with Crippen molar-refractivity contribution in [3.63, 3.8) is 0 Å². The average Bonchev–Trinajstić information content (AvgIpc) is 2.73. The van der Waals surface area contributed by atoms with Crippen LogP contribution >= 0.6 is 15.9 Å². The lowest BCUT2D eigenvalue weighted by molar-refractivity contribution is 0.0171. The van der Waals surface area contributed by atoms with Crippen molar-refractivity contribution >= 4 is 27.7 Å². The second kappa shape index (κ2) is 5.34. The minimum atomic E-state index is -1.31. The number of aliphatic hydroxyl groups is 1. The van der Waals surface area contributed by atoms with Gasteiger partial charge in [-0.3, -0.25) is 14.5 Å². The highest BCUT2D eigenvalue weighted by Gasteiger charge is 2.39. The van der Waals surface area contributed by atoms with Crippen LogP contribution in [0.2, 0.25) is 0 Å². The molecular formula is C17H14BrNO3. The first-order chi connectivity index (χ1) is 10.4. The minimum absolute atomic E-state index is 0.0824. The van der Waals surface area contributed by atoms with Crippen molar-refractivity contribution in [1.82, 2.24) is 4.90 Å². The maximum Gasteiger partial charge on any atom is 0.261 e. The van der Waals surface area contributed by atoms with Crippen LogP contribution in [0.25, 0.3) is 0 Å². The number of benzene rings is 2. The summed E-state index contributed by atoms with van der Waals surface area (Å²) >= 11 is 3.34. The van der Waals surface area contributed by atoms with E-state index in [-0.39, 0.29) is 18.4 Å². The Morgan fingerprint density at radius 3 is 2.00 bits per heavy atom. The van der Waals surface area contributed by atoms with Gasteiger partial charge in [0, 0.05) is 4.47 Å². The molecule has 0 radical (unpaired) electrons. The van der Waals surface area contributed by atoms with Crippen molar-refractivity contribution in [2.45, 2.75) is 12.5 Å². The molecule has 5 heteroatoms. The molecule has 1 aliphatic rings. The highest BCUT2D eigenvalue weighted by Crippen LogP contribution is 2.29. The van der Waals surface area contributed by atoms with E-state index in [2.05, 4.69) is 15.9 Å². The zero-order valence-electron chi connectivity index (χ0n) is 11.9. The van der Waals surface area contributed by atoms with Crippen LogP contribution in [0.15, 0.2) is 53.0 Å². The topological polar surface area (TPSA) is 57.6 Å². The molecule has 0 aliphatic carbocycles. The summed E-state index contributed by atoms with van der Waals surface area (Å²) in [7, 11) is 0. The van der Waals surface area contributed by atoms with Gasteiger partial charge in [0.2, 0.25) is 0 Å². The molecule has 1 heterocycles. The van der Waals surface area contributed by atoms with Gasteiger partial charge in [-0.1, -0.05) is 40.2 Å². The van der Waals surface area contributed by atoms with E-state index in [1.807, 2.05) is 12.1 Å². The highest BCUT2D eigenvalue weighted by molar-refractivity contribution is 9.10. The smallest absolute Gasteiger partial charge is 0.261 e. The summed E-state index contributed by atoms with van der Waals surface area (Å²) in [6, 6.07) is 13.9. The van der Waals surface area contributed by atoms with Gasteiger partial charge >= 0.3 is 0 Å². The van der Waals surface area contributed by atoms with E-state index in [0.717, 1.165) is 9.37 Å². The second-order valence-electron chi connectivity index (χ2n) is 5.52. The molecule has 0 aromatic heterocycles. The van der Waals surface area contributed by atoms with Crippen molar-refractivity contribution in [1.29, 1.82) is 0 Å². The van der Waals surface area contributed by atoms with Gasteiger partial charge in [-0.2, -0.15) is 0 Å². The molecule has 3 rings (SSSR count). The van der Waals surface area contributed by atoms with Crippen LogP contribution in [0.3, 0.4) is 0 Å². The number of β-amino-alcohol motifs (C(OH)–C–C–N with tert-alkyl or cyclic N) is 1. The normalized spacial score (nSPS) is 16.6. The van der Waals surface area contributed by atoms with E-state index >= 15 is 0 Å². The van der Waals surface area contributed by atoms with Crippen LogP contribution in [-0.4, -0.2) is 28.4 Å². The fourth-order valence-corrected chi connectivity index (χ4v) is 2.86. The molecule has 2 aromatic rings. The third-order valence-electron chi connectivity index (χ3n) is 3.81. The number of fused-ring (bicyclic) bond motifs is 1. The lowest BCUT2D eigenvalue weighted by atomic mass is 9.95. The summed E-state index contributed by atoms with van der Waals surface area (Å²) in [5.41, 5.74) is 0.110. The molecule has 4 nitrogen and oxygen atoms in total. The van der Waals surface area contributed by atoms with E-state index in [4.69, 9.17) is 0 Å². The van der Waals surface area contributed by atoms with Crippen LogP contribution in [0.1, 0.15) is 33.2 Å². The zero-order chi connectivity index (χ0) is 15.9. The van der Waals surface area contributed by atoms with Crippen molar-refractivity contribution in [2.24, 2.45) is 0 Å². The molecule has 1 aliphatic heterocycles. The average molecular weight is 360 g/mol. The molecule has 0 saturated carbocycles. The van der Waals surface area contributed by atoms with E-state index in [0.29, 0.717) is 16.7 Å². The summed E-state index contributed by atoms with van der Waals surface area (Å²) in [5.74, 6) is -0.726. The van der Waals surface area contributed by atoms with Crippen LogP contribution < -0.4 is 0 Å². The Labute approximate surface area is 136 Å². The molecule has 0 bridgehead atoms. The number of hydrogen-bond acceptors (Lipinski definition) is 3. The fourth-order valence-electron chi connectivity index (χ4n) is 2.59. The van der Waals surface area contributed by atoms with E-state index < -0.39 is 5.60 Å². The molecule has 22 heavy (non-hydrogen) atoms. The molecule has 1 N–H and O–H groups in total. The first kappa shape index (κ1) is 14.9. The Balaban J connectivity index is 1.89. The van der Waals surface area contributed by atoms with E-state index in [9.17, 15) is 14.7 Å². The molecule has 0 fully saturated rings. The molecule has 1 atom stereocenters. The standard InChI is InChI=1S/C17H14BrNO3/c1-17(22,11-6-8-12(18)9-7-11)10-19-15(20)13-4-2-3-5-14(13)16(19)21/h2-9,22H,10H2,1H3. The fraction of sp³-hybridized carbons (Fsp3) is 0.176. The van der Waals surface area contributed by atoms with Crippen LogP contribution in [0.4, 0.5) is 0 Å². The predicted molar refractivity (Wildman–Crippen MR) is 85.5 cm³/mol. The van der Waals surface area contributed by atoms with Crippen LogP contribution in [-0.2, 0) is 5.60 Å². The SMILES string of the molecule is CC(O)(CN1C(=O)c2ccccc2C1=O)c1ccc(Br)cc1. The van der Waals surface area contributed by atoms with E-state index in [1.165, 1.54) is 0 Å². The third kappa shape index (κ3) is 2.46. The number of carbonyl (C=O) groups excluding carboxylic acids is 2. The van der Waals surface area contributed by atoms with Gasteiger partial charge < -0.3 is 5.11 Å². The Bertz CT molecular complexity index is 718. The first-order valence-corrected chi connectivity index (χ1v) is 7.63. The number of rotatable bonds is 3. The quantitative estimate of drug-likeness (QED) is 0.857. The number of imide groups is 1. The maximum atomic E-state index is 12.4. The first-order valence-electron chi connectivity index (χ1n) is 6.84. The minimum Gasteiger partial charge on any atom is -0.384 e. The summed E-state index contributed by atoms with van der Waals surface area (Å²) in [6.07, 6.45) is 0. The lowest BCUT2D eigenvalue weighted by Crippen LogP contribution is -2.42. The monoisotopic (exact) mass is 359 g/mol. The Kier molecular flexibility index (Phi) is 3.62. The zero-order valence-corrected chi connectivity index (χ0v) is 13.5. The van der Waals surface area contributed by atoms with E-state index in [1.54, 1.807) is 43.3 Å². The van der Waals surface area contributed by atoms with Gasteiger partial charge in [-0.05, 0) is 36.8 Å². The molecular weight excluding hydrogens is 346 g/mol. The number of carbonyl (C=O) groups is 2. The number of nitrogens with zero attached hydrogens (tertiary/aromatic N) is 1. The molecule has 0 spiro atoms. The van der Waals surface area contributed by atoms with Crippen LogP contribution in [0.5, 0.6) is 0 Å². The van der Waals surface area contributed by atoms with Gasteiger partial charge in [-0.25, -0.2) is 0 Å². The predicted octanol–water partition coefficient (Wildman–Crippen LogP) is 2.95. The largest absolute Gasteiger partial charge is 0.384 e. The Morgan fingerprint density at radius 1 is 1.00 bits per heavy atom. The number of hydrogen-bond donors (Lipinski definition) is 1. The van der Waals surface area contributed by atoms with Gasteiger partial charge in [0.05, 0.1) is 17.7 Å². The Morgan fingerprint density at radius 2 is 1.50 bits per heavy atom. The summed E-state index contributed by atoms with van der Waals surface area (Å²) in [6.45, 7) is 1.51. The van der Waals surface area contributed by atoms with Gasteiger partial charge in [-0.15, -0.1) is 0 Å². The molecule has 112 valence electrons. The third-order valence-corrected chi connectivity index (χ3v) is 4.34. The number of halogens is 1. The molecule has 2 aromatic carbocycles. The van der Waals surface area contributed by atoms with Crippen molar-refractivity contribution in [3.8, 4) is 0 Å². The second-order valence-corrected chi connectivity index (χ2v) is 6.44. The van der Waals surface area contributed by atoms with Crippen LogP contribution in [0, 0.1) is 0 Å².